The molecule has 0 saturated carbocycles. The minimum Gasteiger partial charge on any atom is -0.494 e. The Bertz CT molecular complexity index is 651. The first-order valence-corrected chi connectivity index (χ1v) is 7.42. The Labute approximate surface area is 128 Å². The maximum Gasteiger partial charge on any atom is 0.321 e. The average molecular weight is 301 g/mol. The smallest absolute Gasteiger partial charge is 0.321 e. The summed E-state index contributed by atoms with van der Waals surface area (Å²) in [5, 5.41) is 12.4. The lowest BCUT2D eigenvalue weighted by Gasteiger charge is -2.28. The Hall–Kier alpha value is -2.34. The van der Waals surface area contributed by atoms with E-state index in [2.05, 4.69) is 22.2 Å². The van der Waals surface area contributed by atoms with Crippen LogP contribution in [-0.2, 0) is 11.2 Å². The molecule has 2 atom stereocenters. The van der Waals surface area contributed by atoms with Gasteiger partial charge in [-0.2, -0.15) is 0 Å². The quantitative estimate of drug-likeness (QED) is 0.785. The van der Waals surface area contributed by atoms with Crippen LogP contribution in [0, 0.1) is 0 Å². The van der Waals surface area contributed by atoms with Gasteiger partial charge in [-0.1, -0.05) is 19.1 Å². The largest absolute Gasteiger partial charge is 0.494 e. The average Bonchev–Trinajstić information content (AvgIpc) is 3.01. The number of imidazole rings is 1. The van der Waals surface area contributed by atoms with E-state index in [0.29, 0.717) is 13.0 Å². The maximum absolute atomic E-state index is 11.3. The lowest BCUT2D eigenvalue weighted by Crippen LogP contribution is -2.45. The van der Waals surface area contributed by atoms with E-state index in [1.807, 2.05) is 24.3 Å². The van der Waals surface area contributed by atoms with E-state index in [9.17, 15) is 9.90 Å². The first-order chi connectivity index (χ1) is 10.7. The van der Waals surface area contributed by atoms with Gasteiger partial charge in [0.05, 0.1) is 24.7 Å². The van der Waals surface area contributed by atoms with Crippen LogP contribution < -0.4 is 10.1 Å². The molecule has 1 aliphatic rings. The zero-order valence-corrected chi connectivity index (χ0v) is 12.4. The molecule has 0 fully saturated rings. The minimum absolute atomic E-state index is 0.226. The molecule has 3 rings (SSSR count). The van der Waals surface area contributed by atoms with Gasteiger partial charge in [-0.25, -0.2) is 4.98 Å². The highest BCUT2D eigenvalue weighted by molar-refractivity contribution is 5.74. The fourth-order valence-corrected chi connectivity index (χ4v) is 2.68. The summed E-state index contributed by atoms with van der Waals surface area (Å²) in [7, 11) is 0. The van der Waals surface area contributed by atoms with Gasteiger partial charge in [0, 0.05) is 12.1 Å². The Morgan fingerprint density at radius 3 is 2.86 bits per heavy atom. The number of aromatic nitrogens is 2. The number of H-pyrrole nitrogens is 1. The van der Waals surface area contributed by atoms with Gasteiger partial charge >= 0.3 is 5.97 Å². The summed E-state index contributed by atoms with van der Waals surface area (Å²) in [5.74, 6) is -0.0356. The summed E-state index contributed by atoms with van der Waals surface area (Å²) >= 11 is 0. The molecule has 116 valence electrons. The van der Waals surface area contributed by atoms with E-state index >= 15 is 0 Å². The fourth-order valence-electron chi connectivity index (χ4n) is 2.68. The number of carboxylic acid groups (broad SMARTS) is 1. The Kier molecular flexibility index (Phi) is 4.11. The first-order valence-electron chi connectivity index (χ1n) is 7.42. The van der Waals surface area contributed by atoms with Crippen LogP contribution in [0.5, 0.6) is 5.75 Å². The number of hydrogen-bond acceptors (Lipinski definition) is 4. The third-order valence-corrected chi connectivity index (χ3v) is 3.79. The van der Waals surface area contributed by atoms with Crippen LogP contribution in [0.1, 0.15) is 36.3 Å². The number of hydrogen-bond donors (Lipinski definition) is 3. The Morgan fingerprint density at radius 1 is 1.41 bits per heavy atom. The Morgan fingerprint density at radius 2 is 2.18 bits per heavy atom. The summed E-state index contributed by atoms with van der Waals surface area (Å²) in [6, 6.07) is 6.87. The van der Waals surface area contributed by atoms with Crippen LogP contribution in [-0.4, -0.2) is 33.7 Å². The zero-order valence-electron chi connectivity index (χ0n) is 12.4. The molecule has 2 aromatic rings. The van der Waals surface area contributed by atoms with E-state index < -0.39 is 12.0 Å². The highest BCUT2D eigenvalue weighted by atomic mass is 16.5. The molecule has 0 radical (unpaired) electrons. The summed E-state index contributed by atoms with van der Waals surface area (Å²) in [4.78, 5) is 18.7. The maximum atomic E-state index is 11.3. The number of aromatic amines is 1. The molecule has 1 aliphatic heterocycles. The second-order valence-electron chi connectivity index (χ2n) is 5.38. The molecule has 0 spiro atoms. The van der Waals surface area contributed by atoms with Gasteiger partial charge in [0.2, 0.25) is 0 Å². The van der Waals surface area contributed by atoms with Crippen LogP contribution in [0.3, 0.4) is 0 Å². The molecule has 1 aromatic carbocycles. The van der Waals surface area contributed by atoms with Crippen molar-refractivity contribution in [2.45, 2.75) is 31.8 Å². The van der Waals surface area contributed by atoms with Crippen molar-refractivity contribution in [1.29, 1.82) is 0 Å². The summed E-state index contributed by atoms with van der Waals surface area (Å²) in [6.07, 6.45) is 2.99. The van der Waals surface area contributed by atoms with Gasteiger partial charge < -0.3 is 14.8 Å². The van der Waals surface area contributed by atoms with E-state index in [1.165, 1.54) is 0 Å². The molecule has 1 aromatic heterocycles. The van der Waals surface area contributed by atoms with Crippen LogP contribution in [0.4, 0.5) is 0 Å². The van der Waals surface area contributed by atoms with Crippen LogP contribution >= 0.6 is 0 Å². The van der Waals surface area contributed by atoms with Crippen molar-refractivity contribution in [3.63, 3.8) is 0 Å². The predicted octanol–water partition coefficient (Wildman–Crippen LogP) is 1.89. The number of rotatable bonds is 5. The van der Waals surface area contributed by atoms with Crippen molar-refractivity contribution in [2.75, 3.05) is 6.61 Å². The molecule has 0 bridgehead atoms. The lowest BCUT2D eigenvalue weighted by molar-refractivity contribution is -0.139. The molecule has 6 heteroatoms. The first kappa shape index (κ1) is 14.6. The molecular formula is C16H19N3O3. The molecule has 0 aliphatic carbocycles. The second kappa shape index (κ2) is 6.19. The number of carboxylic acids is 1. The van der Waals surface area contributed by atoms with E-state index in [1.54, 1.807) is 6.33 Å². The van der Waals surface area contributed by atoms with Crippen molar-refractivity contribution in [3.05, 3.63) is 47.5 Å². The number of nitrogens with zero attached hydrogens (tertiary/aromatic N) is 1. The normalized spacial score (nSPS) is 20.4. The number of nitrogens with one attached hydrogen (secondary N) is 2. The molecular weight excluding hydrogens is 282 g/mol. The number of benzene rings is 1. The summed E-state index contributed by atoms with van der Waals surface area (Å²) in [6.45, 7) is 2.75. The number of aliphatic carboxylic acids is 1. The van der Waals surface area contributed by atoms with Crippen LogP contribution in [0.2, 0.25) is 0 Å². The number of ether oxygens (including phenoxy) is 1. The highest BCUT2D eigenvalue weighted by Gasteiger charge is 2.33. The van der Waals surface area contributed by atoms with Gasteiger partial charge in [0.15, 0.2) is 0 Å². The topological polar surface area (TPSA) is 87.2 Å². The van der Waals surface area contributed by atoms with Crippen molar-refractivity contribution >= 4 is 5.97 Å². The molecule has 0 amide bonds. The van der Waals surface area contributed by atoms with Gasteiger partial charge in [-0.05, 0) is 24.1 Å². The predicted molar refractivity (Wildman–Crippen MR) is 80.9 cm³/mol. The summed E-state index contributed by atoms with van der Waals surface area (Å²) in [5.41, 5.74) is 2.71. The molecule has 6 nitrogen and oxygen atoms in total. The van der Waals surface area contributed by atoms with Gasteiger partial charge in [0.1, 0.15) is 11.8 Å². The minimum atomic E-state index is -0.854. The van der Waals surface area contributed by atoms with Crippen molar-refractivity contribution in [2.24, 2.45) is 0 Å². The molecule has 2 heterocycles. The molecule has 22 heavy (non-hydrogen) atoms. The third-order valence-electron chi connectivity index (χ3n) is 3.79. The van der Waals surface area contributed by atoms with E-state index in [0.717, 1.165) is 29.1 Å². The van der Waals surface area contributed by atoms with Crippen LogP contribution in [0.15, 0.2) is 30.6 Å². The zero-order chi connectivity index (χ0) is 15.5. The van der Waals surface area contributed by atoms with Gasteiger partial charge in [0.25, 0.3) is 0 Å². The number of fused-ring (bicyclic) bond motifs is 1. The third kappa shape index (κ3) is 2.82. The van der Waals surface area contributed by atoms with Crippen molar-refractivity contribution < 1.29 is 14.6 Å². The van der Waals surface area contributed by atoms with Gasteiger partial charge in [-0.15, -0.1) is 0 Å². The lowest BCUT2D eigenvalue weighted by atomic mass is 9.94. The second-order valence-corrected chi connectivity index (χ2v) is 5.38. The van der Waals surface area contributed by atoms with Crippen molar-refractivity contribution in [1.82, 2.24) is 15.3 Å². The molecule has 2 unspecified atom stereocenters. The van der Waals surface area contributed by atoms with Crippen LogP contribution in [0.25, 0.3) is 0 Å². The van der Waals surface area contributed by atoms with Crippen molar-refractivity contribution in [3.8, 4) is 5.75 Å². The van der Waals surface area contributed by atoms with Gasteiger partial charge in [-0.3, -0.25) is 10.1 Å². The monoisotopic (exact) mass is 301 g/mol. The fraction of sp³-hybridized carbons (Fsp3) is 0.375. The highest BCUT2D eigenvalue weighted by Crippen LogP contribution is 2.29. The molecule has 0 saturated heterocycles. The molecule has 3 N–H and O–H groups in total. The summed E-state index contributed by atoms with van der Waals surface area (Å²) < 4.78 is 5.57. The Balaban J connectivity index is 1.85. The van der Waals surface area contributed by atoms with E-state index in [-0.39, 0.29) is 6.04 Å². The SMILES string of the molecule is CCCOc1ccc(C2NC(C(=O)O)Cc3[nH]cnc32)cc1. The number of carbonyl (C=O) groups is 1. The van der Waals surface area contributed by atoms with E-state index in [4.69, 9.17) is 4.74 Å². The standard InChI is InChI=1S/C16H19N3O3/c1-2-7-22-11-5-3-10(4-6-11)14-15-12(17-9-18-15)8-13(19-14)16(20)21/h3-6,9,13-14,19H,2,7-8H2,1H3,(H,17,18)(H,20,21).